The molecule has 0 amide bonds. The molecule has 3 aromatic rings. The Morgan fingerprint density at radius 1 is 1.00 bits per heavy atom. The smallest absolute Gasteiger partial charge is 0.187 e. The van der Waals surface area contributed by atoms with E-state index in [9.17, 15) is 9.90 Å². The SMILES string of the molecule is O=C(/C=C/N1CCC(CCN2CCC(c3c[nH]c4ccc(O)cc34)CC2)CC1)c1ccc(Cl)c(Cl)c1. The predicted molar refractivity (Wildman–Crippen MR) is 147 cm³/mol. The molecule has 0 bridgehead atoms. The van der Waals surface area contributed by atoms with Crippen molar-refractivity contribution in [3.63, 3.8) is 0 Å². The van der Waals surface area contributed by atoms with Gasteiger partial charge in [-0.1, -0.05) is 23.2 Å². The number of piperidine rings is 2. The Labute approximate surface area is 222 Å². The fraction of sp³-hybridized carbons (Fsp3) is 0.414. The number of carbonyl (C=O) groups is 1. The number of hydrogen-bond acceptors (Lipinski definition) is 4. The number of nitrogens with one attached hydrogen (secondary N) is 1. The highest BCUT2D eigenvalue weighted by atomic mass is 35.5. The van der Waals surface area contributed by atoms with E-state index in [-0.39, 0.29) is 5.78 Å². The summed E-state index contributed by atoms with van der Waals surface area (Å²) in [7, 11) is 0. The number of rotatable bonds is 7. The van der Waals surface area contributed by atoms with Crippen molar-refractivity contribution >= 4 is 39.9 Å². The first kappa shape index (κ1) is 25.2. The quantitative estimate of drug-likeness (QED) is 0.261. The van der Waals surface area contributed by atoms with E-state index in [2.05, 4.69) is 21.0 Å². The summed E-state index contributed by atoms with van der Waals surface area (Å²) in [5, 5.41) is 11.9. The molecule has 2 aliphatic rings. The van der Waals surface area contributed by atoms with Crippen LogP contribution in [0.1, 0.15) is 53.9 Å². The number of aromatic amines is 1. The number of hydrogen-bond donors (Lipinski definition) is 2. The minimum atomic E-state index is -0.0523. The van der Waals surface area contributed by atoms with Crippen molar-refractivity contribution < 1.29 is 9.90 Å². The van der Waals surface area contributed by atoms with Gasteiger partial charge in [-0.05, 0) is 106 Å². The second-order valence-corrected chi connectivity index (χ2v) is 11.0. The number of likely N-dealkylation sites (tertiary alicyclic amines) is 2. The maximum Gasteiger partial charge on any atom is 0.187 e. The lowest BCUT2D eigenvalue weighted by Crippen LogP contribution is -2.36. The van der Waals surface area contributed by atoms with Gasteiger partial charge in [0.2, 0.25) is 0 Å². The Balaban J connectivity index is 1.03. The predicted octanol–water partition coefficient (Wildman–Crippen LogP) is 6.86. The standard InChI is InChI=1S/C29H33Cl2N3O2/c30-26-3-1-22(17-27(26)31)29(36)10-16-33-11-5-20(6-12-33)7-13-34-14-8-21(9-15-34)25-19-32-28-4-2-23(35)18-24(25)28/h1-4,10,16-21,32,35H,5-9,11-15H2/b16-10+. The summed E-state index contributed by atoms with van der Waals surface area (Å²) < 4.78 is 0. The number of H-pyrrole nitrogens is 1. The molecule has 2 saturated heterocycles. The zero-order valence-electron chi connectivity index (χ0n) is 20.4. The Morgan fingerprint density at radius 3 is 2.53 bits per heavy atom. The number of nitrogens with zero attached hydrogens (tertiary/aromatic N) is 2. The number of benzene rings is 2. The van der Waals surface area contributed by atoms with Crippen molar-refractivity contribution in [3.05, 3.63) is 76.0 Å². The van der Waals surface area contributed by atoms with Gasteiger partial charge in [-0.15, -0.1) is 0 Å². The molecule has 0 saturated carbocycles. The van der Waals surface area contributed by atoms with E-state index in [1.807, 2.05) is 18.3 Å². The Bertz CT molecular complexity index is 1240. The third-order valence-corrected chi connectivity index (χ3v) is 8.61. The number of allylic oxidation sites excluding steroid dienone is 1. The molecule has 0 aliphatic carbocycles. The minimum Gasteiger partial charge on any atom is -0.508 e. The fourth-order valence-corrected chi connectivity index (χ4v) is 5.91. The molecule has 190 valence electrons. The lowest BCUT2D eigenvalue weighted by atomic mass is 9.88. The zero-order chi connectivity index (χ0) is 25.1. The largest absolute Gasteiger partial charge is 0.508 e. The van der Waals surface area contributed by atoms with Crippen LogP contribution in [-0.2, 0) is 0 Å². The van der Waals surface area contributed by atoms with Crippen LogP contribution >= 0.6 is 23.2 Å². The normalized spacial score (nSPS) is 18.4. The third-order valence-electron chi connectivity index (χ3n) is 7.87. The first-order valence-electron chi connectivity index (χ1n) is 12.9. The second kappa shape index (κ2) is 11.3. The van der Waals surface area contributed by atoms with E-state index in [0.29, 0.717) is 27.3 Å². The molecular formula is C29H33Cl2N3O2. The third kappa shape index (κ3) is 5.91. The molecule has 36 heavy (non-hydrogen) atoms. The van der Waals surface area contributed by atoms with Gasteiger partial charge in [0.1, 0.15) is 5.75 Å². The van der Waals surface area contributed by atoms with Gasteiger partial charge in [-0.3, -0.25) is 4.79 Å². The van der Waals surface area contributed by atoms with Crippen molar-refractivity contribution in [1.29, 1.82) is 0 Å². The average molecular weight is 527 g/mol. The number of aromatic hydroxyl groups is 1. The van der Waals surface area contributed by atoms with Gasteiger partial charge in [0, 0.05) is 48.0 Å². The summed E-state index contributed by atoms with van der Waals surface area (Å²) in [4.78, 5) is 20.7. The van der Waals surface area contributed by atoms with Crippen LogP contribution in [0.25, 0.3) is 10.9 Å². The van der Waals surface area contributed by atoms with Crippen molar-refractivity contribution in [1.82, 2.24) is 14.8 Å². The number of phenolic OH excluding ortho intramolecular Hbond substituents is 1. The molecule has 2 N–H and O–H groups in total. The first-order valence-corrected chi connectivity index (χ1v) is 13.7. The van der Waals surface area contributed by atoms with Crippen LogP contribution < -0.4 is 0 Å². The van der Waals surface area contributed by atoms with E-state index >= 15 is 0 Å². The van der Waals surface area contributed by atoms with Crippen LogP contribution in [0.4, 0.5) is 0 Å². The number of carbonyl (C=O) groups excluding carboxylic acids is 1. The van der Waals surface area contributed by atoms with Crippen LogP contribution in [-0.4, -0.2) is 58.4 Å². The molecule has 5 nitrogen and oxygen atoms in total. The highest BCUT2D eigenvalue weighted by Crippen LogP contribution is 2.35. The van der Waals surface area contributed by atoms with Gasteiger partial charge < -0.3 is 19.9 Å². The maximum atomic E-state index is 12.4. The maximum absolute atomic E-state index is 12.4. The Morgan fingerprint density at radius 2 is 1.78 bits per heavy atom. The zero-order valence-corrected chi connectivity index (χ0v) is 21.9. The molecule has 2 aliphatic heterocycles. The molecule has 0 radical (unpaired) electrons. The average Bonchev–Trinajstić information content (AvgIpc) is 3.31. The Hall–Kier alpha value is -2.47. The van der Waals surface area contributed by atoms with E-state index in [0.717, 1.165) is 49.5 Å². The van der Waals surface area contributed by atoms with E-state index in [1.54, 1.807) is 30.3 Å². The van der Waals surface area contributed by atoms with Crippen LogP contribution in [0.5, 0.6) is 5.75 Å². The molecule has 2 aromatic carbocycles. The van der Waals surface area contributed by atoms with Gasteiger partial charge in [-0.25, -0.2) is 0 Å². The summed E-state index contributed by atoms with van der Waals surface area (Å²) >= 11 is 12.0. The summed E-state index contributed by atoms with van der Waals surface area (Å²) in [6.07, 6.45) is 11.6. The molecule has 5 rings (SSSR count). The van der Waals surface area contributed by atoms with Crippen molar-refractivity contribution in [2.45, 2.75) is 38.0 Å². The lowest BCUT2D eigenvalue weighted by molar-refractivity contribution is 0.104. The highest BCUT2D eigenvalue weighted by Gasteiger charge is 2.24. The van der Waals surface area contributed by atoms with Crippen LogP contribution in [0.3, 0.4) is 0 Å². The molecule has 7 heteroatoms. The van der Waals surface area contributed by atoms with Gasteiger partial charge in [0.15, 0.2) is 5.78 Å². The van der Waals surface area contributed by atoms with E-state index in [1.165, 1.54) is 37.7 Å². The van der Waals surface area contributed by atoms with Gasteiger partial charge in [-0.2, -0.15) is 0 Å². The highest BCUT2D eigenvalue weighted by molar-refractivity contribution is 6.42. The number of ketones is 1. The number of fused-ring (bicyclic) bond motifs is 1. The molecule has 1 aromatic heterocycles. The van der Waals surface area contributed by atoms with Crippen molar-refractivity contribution in [2.75, 3.05) is 32.7 Å². The van der Waals surface area contributed by atoms with Gasteiger partial charge >= 0.3 is 0 Å². The van der Waals surface area contributed by atoms with E-state index in [4.69, 9.17) is 23.2 Å². The van der Waals surface area contributed by atoms with E-state index < -0.39 is 0 Å². The fourth-order valence-electron chi connectivity index (χ4n) is 5.61. The molecule has 2 fully saturated rings. The summed E-state index contributed by atoms with van der Waals surface area (Å²) in [6.45, 7) is 5.41. The molecule has 3 heterocycles. The lowest BCUT2D eigenvalue weighted by Gasteiger charge is -2.35. The molecule has 0 unspecified atom stereocenters. The minimum absolute atomic E-state index is 0.0523. The van der Waals surface area contributed by atoms with Crippen molar-refractivity contribution in [3.8, 4) is 5.75 Å². The summed E-state index contributed by atoms with van der Waals surface area (Å²) in [6, 6.07) is 10.6. The topological polar surface area (TPSA) is 59.6 Å². The Kier molecular flexibility index (Phi) is 7.90. The number of halogens is 2. The summed E-state index contributed by atoms with van der Waals surface area (Å²) in [5.74, 6) is 1.58. The number of phenols is 1. The molecule has 0 atom stereocenters. The van der Waals surface area contributed by atoms with Gasteiger partial charge in [0.25, 0.3) is 0 Å². The molecule has 0 spiro atoms. The van der Waals surface area contributed by atoms with Crippen LogP contribution in [0, 0.1) is 5.92 Å². The molecular weight excluding hydrogens is 493 g/mol. The summed E-state index contributed by atoms with van der Waals surface area (Å²) in [5.41, 5.74) is 3.01. The van der Waals surface area contributed by atoms with Crippen LogP contribution in [0.15, 0.2) is 54.9 Å². The second-order valence-electron chi connectivity index (χ2n) is 10.2. The van der Waals surface area contributed by atoms with Gasteiger partial charge in [0.05, 0.1) is 10.0 Å². The van der Waals surface area contributed by atoms with Crippen LogP contribution in [0.2, 0.25) is 10.0 Å². The van der Waals surface area contributed by atoms with Crippen molar-refractivity contribution in [2.24, 2.45) is 5.92 Å². The first-order chi connectivity index (χ1) is 17.5. The monoisotopic (exact) mass is 525 g/mol. The number of aromatic nitrogens is 1.